The molecular formula is C8H4Cl3N4. The standard InChI is InChI=1S/C8H4Cl3N4/c1-4-12-13-14-15(4)8-6(10)2-5(9)3-7(8)11/h2-3H,1H2. The van der Waals surface area contributed by atoms with E-state index in [0.29, 0.717) is 26.6 Å². The molecule has 7 heteroatoms. The van der Waals surface area contributed by atoms with Crippen LogP contribution < -0.4 is 0 Å². The quantitative estimate of drug-likeness (QED) is 0.794. The summed E-state index contributed by atoms with van der Waals surface area (Å²) in [5, 5.41) is 12.0. The molecule has 0 saturated carbocycles. The van der Waals surface area contributed by atoms with Gasteiger partial charge in [0.2, 0.25) is 0 Å². The molecule has 0 fully saturated rings. The molecule has 2 rings (SSSR count). The van der Waals surface area contributed by atoms with Gasteiger partial charge in [0.05, 0.1) is 10.0 Å². The molecule has 0 atom stereocenters. The van der Waals surface area contributed by atoms with Gasteiger partial charge in [0.25, 0.3) is 0 Å². The van der Waals surface area contributed by atoms with E-state index >= 15 is 0 Å². The maximum absolute atomic E-state index is 5.99. The topological polar surface area (TPSA) is 43.6 Å². The average molecular weight is 263 g/mol. The van der Waals surface area contributed by atoms with Crippen LogP contribution in [0.2, 0.25) is 15.1 Å². The molecule has 1 aromatic heterocycles. The Morgan fingerprint density at radius 2 is 1.73 bits per heavy atom. The Hall–Kier alpha value is -0.840. The molecule has 0 bridgehead atoms. The molecule has 0 spiro atoms. The SMILES string of the molecule is [CH2]c1nnnn1-c1c(Cl)cc(Cl)cc1Cl. The first-order valence-electron chi connectivity index (χ1n) is 3.85. The average Bonchev–Trinajstić information content (AvgIpc) is 2.50. The Labute approximate surface area is 101 Å². The van der Waals surface area contributed by atoms with Crippen LogP contribution in [-0.4, -0.2) is 20.2 Å². The highest BCUT2D eigenvalue weighted by Gasteiger charge is 2.13. The number of benzene rings is 1. The summed E-state index contributed by atoms with van der Waals surface area (Å²) in [5.41, 5.74) is 0.470. The second-order valence-corrected chi connectivity index (χ2v) is 3.98. The van der Waals surface area contributed by atoms with E-state index < -0.39 is 0 Å². The van der Waals surface area contributed by atoms with E-state index in [1.807, 2.05) is 0 Å². The van der Waals surface area contributed by atoms with Crippen LogP contribution in [0.1, 0.15) is 5.82 Å². The van der Waals surface area contributed by atoms with Crippen LogP contribution >= 0.6 is 34.8 Å². The Bertz CT molecular complexity index is 485. The third kappa shape index (κ3) is 1.93. The monoisotopic (exact) mass is 261 g/mol. The zero-order valence-corrected chi connectivity index (χ0v) is 9.55. The van der Waals surface area contributed by atoms with Crippen molar-refractivity contribution in [3.05, 3.63) is 39.9 Å². The number of rotatable bonds is 1. The van der Waals surface area contributed by atoms with Gasteiger partial charge in [0.15, 0.2) is 5.82 Å². The Morgan fingerprint density at radius 3 is 2.20 bits per heavy atom. The van der Waals surface area contributed by atoms with E-state index in [1.165, 1.54) is 4.68 Å². The van der Waals surface area contributed by atoms with E-state index in [-0.39, 0.29) is 0 Å². The molecule has 2 aromatic rings. The van der Waals surface area contributed by atoms with Crippen molar-refractivity contribution < 1.29 is 0 Å². The third-order valence-corrected chi connectivity index (χ3v) is 2.52. The minimum Gasteiger partial charge on any atom is -0.194 e. The first-order chi connectivity index (χ1) is 7.09. The van der Waals surface area contributed by atoms with Gasteiger partial charge in [-0.05, 0) is 22.6 Å². The molecule has 1 aromatic carbocycles. The van der Waals surface area contributed by atoms with Crippen molar-refractivity contribution in [1.82, 2.24) is 20.2 Å². The smallest absolute Gasteiger partial charge is 0.157 e. The van der Waals surface area contributed by atoms with Gasteiger partial charge in [0.1, 0.15) is 5.69 Å². The molecule has 0 N–H and O–H groups in total. The summed E-state index contributed by atoms with van der Waals surface area (Å²) in [6.45, 7) is 3.64. The summed E-state index contributed by atoms with van der Waals surface area (Å²) in [6, 6.07) is 3.12. The maximum atomic E-state index is 5.99. The fourth-order valence-electron chi connectivity index (χ4n) is 1.12. The summed E-state index contributed by atoms with van der Waals surface area (Å²) in [4.78, 5) is 0. The number of nitrogens with zero attached hydrogens (tertiary/aromatic N) is 4. The van der Waals surface area contributed by atoms with Gasteiger partial charge in [-0.1, -0.05) is 34.8 Å². The third-order valence-electron chi connectivity index (χ3n) is 1.73. The lowest BCUT2D eigenvalue weighted by atomic mass is 10.3. The number of tetrazole rings is 1. The minimum atomic E-state index is 0.348. The maximum Gasteiger partial charge on any atom is 0.157 e. The Morgan fingerprint density at radius 1 is 1.13 bits per heavy atom. The van der Waals surface area contributed by atoms with Gasteiger partial charge < -0.3 is 0 Å². The number of hydrogen-bond acceptors (Lipinski definition) is 3. The van der Waals surface area contributed by atoms with Gasteiger partial charge >= 0.3 is 0 Å². The molecule has 0 aliphatic rings. The van der Waals surface area contributed by atoms with Crippen molar-refractivity contribution in [2.24, 2.45) is 0 Å². The highest BCUT2D eigenvalue weighted by molar-refractivity contribution is 6.40. The summed E-state index contributed by atoms with van der Waals surface area (Å²) in [7, 11) is 0. The van der Waals surface area contributed by atoms with E-state index in [2.05, 4.69) is 22.4 Å². The highest BCUT2D eigenvalue weighted by atomic mass is 35.5. The minimum absolute atomic E-state index is 0.348. The van der Waals surface area contributed by atoms with Crippen molar-refractivity contribution in [1.29, 1.82) is 0 Å². The van der Waals surface area contributed by atoms with Crippen LogP contribution in [0.15, 0.2) is 12.1 Å². The number of aromatic nitrogens is 4. The first-order valence-corrected chi connectivity index (χ1v) is 4.98. The summed E-state index contributed by atoms with van der Waals surface area (Å²) >= 11 is 17.7. The fraction of sp³-hybridized carbons (Fsp3) is 0. The molecule has 0 unspecified atom stereocenters. The van der Waals surface area contributed by atoms with Crippen molar-refractivity contribution in [2.75, 3.05) is 0 Å². The highest BCUT2D eigenvalue weighted by Crippen LogP contribution is 2.31. The second-order valence-electron chi connectivity index (χ2n) is 2.72. The van der Waals surface area contributed by atoms with Gasteiger partial charge in [0, 0.05) is 11.9 Å². The summed E-state index contributed by atoms with van der Waals surface area (Å²) in [6.07, 6.45) is 0. The molecule has 0 amide bonds. The molecule has 15 heavy (non-hydrogen) atoms. The van der Waals surface area contributed by atoms with Gasteiger partial charge in [-0.3, -0.25) is 0 Å². The van der Waals surface area contributed by atoms with Crippen molar-refractivity contribution in [3.63, 3.8) is 0 Å². The zero-order chi connectivity index (χ0) is 11.0. The lowest BCUT2D eigenvalue weighted by molar-refractivity contribution is 0.785. The molecular weight excluding hydrogens is 258 g/mol. The molecule has 0 saturated heterocycles. The van der Waals surface area contributed by atoms with Crippen LogP contribution in [0.3, 0.4) is 0 Å². The summed E-state index contributed by atoms with van der Waals surface area (Å²) in [5.74, 6) is 0.348. The van der Waals surface area contributed by atoms with Gasteiger partial charge in [-0.25, -0.2) is 0 Å². The molecule has 0 aliphatic heterocycles. The number of halogens is 3. The van der Waals surface area contributed by atoms with Crippen molar-refractivity contribution in [3.8, 4) is 5.69 Å². The first kappa shape index (κ1) is 10.7. The van der Waals surface area contributed by atoms with Crippen LogP contribution in [0.5, 0.6) is 0 Å². The van der Waals surface area contributed by atoms with Crippen molar-refractivity contribution in [2.45, 2.75) is 0 Å². The zero-order valence-electron chi connectivity index (χ0n) is 7.28. The van der Waals surface area contributed by atoms with Crippen LogP contribution in [0, 0.1) is 6.92 Å². The molecule has 0 aliphatic carbocycles. The van der Waals surface area contributed by atoms with Crippen LogP contribution in [0.4, 0.5) is 0 Å². The number of hydrogen-bond donors (Lipinski definition) is 0. The van der Waals surface area contributed by atoms with E-state index in [4.69, 9.17) is 34.8 Å². The van der Waals surface area contributed by atoms with E-state index in [0.717, 1.165) is 0 Å². The molecule has 77 valence electrons. The largest absolute Gasteiger partial charge is 0.194 e. The van der Waals surface area contributed by atoms with E-state index in [9.17, 15) is 0 Å². The lowest BCUT2D eigenvalue weighted by Crippen LogP contribution is -2.01. The fourth-order valence-corrected chi connectivity index (χ4v) is 2.09. The second kappa shape index (κ2) is 3.96. The predicted octanol–water partition coefficient (Wildman–Crippen LogP) is 2.80. The normalized spacial score (nSPS) is 10.7. The van der Waals surface area contributed by atoms with Crippen LogP contribution in [-0.2, 0) is 0 Å². The Balaban J connectivity index is 2.68. The predicted molar refractivity (Wildman–Crippen MR) is 58.6 cm³/mol. The Kier molecular flexibility index (Phi) is 2.82. The van der Waals surface area contributed by atoms with E-state index in [1.54, 1.807) is 12.1 Å². The molecule has 1 heterocycles. The van der Waals surface area contributed by atoms with Crippen molar-refractivity contribution >= 4 is 34.8 Å². The van der Waals surface area contributed by atoms with Gasteiger partial charge in [-0.2, -0.15) is 4.68 Å². The van der Waals surface area contributed by atoms with Crippen LogP contribution in [0.25, 0.3) is 5.69 Å². The molecule has 4 nitrogen and oxygen atoms in total. The summed E-state index contributed by atoms with van der Waals surface area (Å²) < 4.78 is 1.35. The lowest BCUT2D eigenvalue weighted by Gasteiger charge is -2.07. The van der Waals surface area contributed by atoms with Gasteiger partial charge in [-0.15, -0.1) is 5.10 Å². The molecule has 1 radical (unpaired) electrons.